The minimum Gasteiger partial charge on any atom is -0.396 e. The second-order valence-electron chi connectivity index (χ2n) is 4.09. The average Bonchev–Trinajstić information content (AvgIpc) is 2.56. The second-order valence-corrected chi connectivity index (χ2v) is 4.09. The lowest BCUT2D eigenvalue weighted by molar-refractivity contribution is 0.181. The lowest BCUT2D eigenvalue weighted by Crippen LogP contribution is -2.42. The maximum Gasteiger partial charge on any atom is 0.0620 e. The molecule has 0 saturated carbocycles. The van der Waals surface area contributed by atoms with Crippen LogP contribution in [0.3, 0.4) is 0 Å². The number of aliphatic hydroxyl groups is 1. The van der Waals surface area contributed by atoms with E-state index >= 15 is 0 Å². The van der Waals surface area contributed by atoms with Gasteiger partial charge in [-0.1, -0.05) is 13.8 Å². The van der Waals surface area contributed by atoms with Crippen LogP contribution in [0, 0.1) is 5.92 Å². The molecule has 0 spiro atoms. The van der Waals surface area contributed by atoms with Crippen LogP contribution in [0.4, 0.5) is 0 Å². The number of hydrogen-bond donors (Lipinski definition) is 2. The van der Waals surface area contributed by atoms with E-state index in [1.165, 1.54) is 0 Å². The van der Waals surface area contributed by atoms with E-state index < -0.39 is 0 Å². The maximum atomic E-state index is 8.89. The van der Waals surface area contributed by atoms with Crippen molar-refractivity contribution < 1.29 is 9.84 Å². The van der Waals surface area contributed by atoms with E-state index in [0.29, 0.717) is 18.0 Å². The van der Waals surface area contributed by atoms with Gasteiger partial charge >= 0.3 is 0 Å². The summed E-state index contributed by atoms with van der Waals surface area (Å²) in [5, 5.41) is 12.4. The quantitative estimate of drug-likeness (QED) is 0.668. The molecular weight excluding hydrogens is 166 g/mol. The van der Waals surface area contributed by atoms with Gasteiger partial charge in [-0.2, -0.15) is 0 Å². The number of aliphatic hydroxyl groups excluding tert-OH is 1. The Balaban J connectivity index is 2.27. The summed E-state index contributed by atoms with van der Waals surface area (Å²) in [5.74, 6) is 0.577. The zero-order chi connectivity index (χ0) is 9.68. The van der Waals surface area contributed by atoms with Crippen LogP contribution in [0.2, 0.25) is 0 Å². The molecule has 0 aromatic heterocycles. The highest BCUT2D eigenvalue weighted by atomic mass is 16.5. The zero-order valence-electron chi connectivity index (χ0n) is 8.62. The van der Waals surface area contributed by atoms with Crippen LogP contribution in [-0.4, -0.2) is 37.0 Å². The van der Waals surface area contributed by atoms with Gasteiger partial charge in [0.05, 0.1) is 6.61 Å². The Morgan fingerprint density at radius 2 is 2.31 bits per heavy atom. The fourth-order valence-corrected chi connectivity index (χ4v) is 1.72. The van der Waals surface area contributed by atoms with Crippen molar-refractivity contribution in [3.05, 3.63) is 0 Å². The van der Waals surface area contributed by atoms with Gasteiger partial charge in [0.25, 0.3) is 0 Å². The Morgan fingerprint density at radius 3 is 2.77 bits per heavy atom. The fraction of sp³-hybridized carbons (Fsp3) is 1.00. The van der Waals surface area contributed by atoms with Gasteiger partial charge in [0.15, 0.2) is 0 Å². The first-order valence-corrected chi connectivity index (χ1v) is 5.18. The zero-order valence-corrected chi connectivity index (χ0v) is 8.62. The first kappa shape index (κ1) is 11.0. The SMILES string of the molecule is CC(C)C(CCO)NC1CCOC1. The van der Waals surface area contributed by atoms with Crippen molar-refractivity contribution in [3.63, 3.8) is 0 Å². The molecule has 0 aliphatic carbocycles. The van der Waals surface area contributed by atoms with Gasteiger partial charge in [0.1, 0.15) is 0 Å². The molecule has 0 aromatic rings. The molecule has 3 nitrogen and oxygen atoms in total. The molecule has 2 N–H and O–H groups in total. The molecule has 1 saturated heterocycles. The minimum atomic E-state index is 0.267. The Labute approximate surface area is 80.5 Å². The highest BCUT2D eigenvalue weighted by Gasteiger charge is 2.20. The average molecular weight is 187 g/mol. The van der Waals surface area contributed by atoms with E-state index in [1.54, 1.807) is 0 Å². The summed E-state index contributed by atoms with van der Waals surface area (Å²) < 4.78 is 5.29. The van der Waals surface area contributed by atoms with Gasteiger partial charge in [-0.25, -0.2) is 0 Å². The predicted octanol–water partition coefficient (Wildman–Crippen LogP) is 0.772. The molecule has 78 valence electrons. The Hall–Kier alpha value is -0.120. The van der Waals surface area contributed by atoms with Crippen molar-refractivity contribution in [2.75, 3.05) is 19.8 Å². The predicted molar refractivity (Wildman–Crippen MR) is 52.7 cm³/mol. The van der Waals surface area contributed by atoms with Crippen LogP contribution in [0.15, 0.2) is 0 Å². The fourth-order valence-electron chi connectivity index (χ4n) is 1.72. The van der Waals surface area contributed by atoms with Crippen LogP contribution in [-0.2, 0) is 4.74 Å². The number of hydrogen-bond acceptors (Lipinski definition) is 3. The van der Waals surface area contributed by atoms with Gasteiger partial charge in [-0.3, -0.25) is 0 Å². The Bertz CT molecular complexity index is 133. The van der Waals surface area contributed by atoms with Gasteiger partial charge in [-0.15, -0.1) is 0 Å². The van der Waals surface area contributed by atoms with Crippen LogP contribution < -0.4 is 5.32 Å². The molecule has 2 unspecified atom stereocenters. The van der Waals surface area contributed by atoms with Gasteiger partial charge in [-0.05, 0) is 18.8 Å². The summed E-state index contributed by atoms with van der Waals surface area (Å²) in [7, 11) is 0. The summed E-state index contributed by atoms with van der Waals surface area (Å²) in [6.07, 6.45) is 1.95. The molecule has 2 atom stereocenters. The molecule has 3 heteroatoms. The molecule has 1 fully saturated rings. The third-order valence-corrected chi connectivity index (χ3v) is 2.62. The first-order chi connectivity index (χ1) is 6.24. The molecule has 0 aromatic carbocycles. The van der Waals surface area contributed by atoms with Crippen molar-refractivity contribution in [2.24, 2.45) is 5.92 Å². The third kappa shape index (κ3) is 3.63. The molecule has 0 radical (unpaired) electrons. The molecule has 1 aliphatic rings. The number of nitrogens with one attached hydrogen (secondary N) is 1. The van der Waals surface area contributed by atoms with E-state index in [-0.39, 0.29) is 6.61 Å². The van der Waals surface area contributed by atoms with Crippen molar-refractivity contribution in [2.45, 2.75) is 38.8 Å². The minimum absolute atomic E-state index is 0.267. The van der Waals surface area contributed by atoms with E-state index in [0.717, 1.165) is 26.1 Å². The van der Waals surface area contributed by atoms with Gasteiger partial charge < -0.3 is 15.2 Å². The molecule has 1 rings (SSSR count). The van der Waals surface area contributed by atoms with Gasteiger partial charge in [0.2, 0.25) is 0 Å². The number of rotatable bonds is 5. The van der Waals surface area contributed by atoms with Crippen molar-refractivity contribution in [3.8, 4) is 0 Å². The topological polar surface area (TPSA) is 41.5 Å². The molecule has 13 heavy (non-hydrogen) atoms. The van der Waals surface area contributed by atoms with E-state index in [4.69, 9.17) is 9.84 Å². The van der Waals surface area contributed by atoms with Gasteiger partial charge in [0, 0.05) is 25.3 Å². The largest absolute Gasteiger partial charge is 0.396 e. The van der Waals surface area contributed by atoms with E-state index in [9.17, 15) is 0 Å². The van der Waals surface area contributed by atoms with Crippen molar-refractivity contribution in [1.29, 1.82) is 0 Å². The van der Waals surface area contributed by atoms with Crippen molar-refractivity contribution >= 4 is 0 Å². The summed E-state index contributed by atoms with van der Waals surface area (Å²) >= 11 is 0. The monoisotopic (exact) mass is 187 g/mol. The lowest BCUT2D eigenvalue weighted by Gasteiger charge is -2.24. The molecule has 1 heterocycles. The second kappa shape index (κ2) is 5.58. The standard InChI is InChI=1S/C10H21NO2/c1-8(2)10(3-5-12)11-9-4-6-13-7-9/h8-12H,3-7H2,1-2H3. The van der Waals surface area contributed by atoms with Crippen LogP contribution in [0.1, 0.15) is 26.7 Å². The highest BCUT2D eigenvalue weighted by molar-refractivity contribution is 4.78. The summed E-state index contributed by atoms with van der Waals surface area (Å²) in [5.41, 5.74) is 0. The lowest BCUT2D eigenvalue weighted by atomic mass is 10.00. The molecular formula is C10H21NO2. The number of ether oxygens (including phenoxy) is 1. The van der Waals surface area contributed by atoms with Crippen LogP contribution >= 0.6 is 0 Å². The van der Waals surface area contributed by atoms with Crippen LogP contribution in [0.25, 0.3) is 0 Å². The maximum absolute atomic E-state index is 8.89. The molecule has 0 bridgehead atoms. The molecule has 1 aliphatic heterocycles. The highest BCUT2D eigenvalue weighted by Crippen LogP contribution is 2.11. The summed E-state index contributed by atoms with van der Waals surface area (Å²) in [6, 6.07) is 0.927. The Morgan fingerprint density at radius 1 is 1.54 bits per heavy atom. The van der Waals surface area contributed by atoms with Crippen LogP contribution in [0.5, 0.6) is 0 Å². The third-order valence-electron chi connectivity index (χ3n) is 2.62. The summed E-state index contributed by atoms with van der Waals surface area (Å²) in [6.45, 7) is 6.34. The smallest absolute Gasteiger partial charge is 0.0620 e. The Kier molecular flexibility index (Phi) is 4.70. The van der Waals surface area contributed by atoms with E-state index in [2.05, 4.69) is 19.2 Å². The van der Waals surface area contributed by atoms with Crippen molar-refractivity contribution in [1.82, 2.24) is 5.32 Å². The normalized spacial score (nSPS) is 25.4. The van der Waals surface area contributed by atoms with E-state index in [1.807, 2.05) is 0 Å². The first-order valence-electron chi connectivity index (χ1n) is 5.18. The summed E-state index contributed by atoms with van der Waals surface area (Å²) in [4.78, 5) is 0. The molecule has 0 amide bonds.